The van der Waals surface area contributed by atoms with Gasteiger partial charge in [-0.3, -0.25) is 14.3 Å². The number of carbonyl (C=O) groups is 2. The van der Waals surface area contributed by atoms with Crippen molar-refractivity contribution in [3.05, 3.63) is 41.1 Å². The van der Waals surface area contributed by atoms with Crippen molar-refractivity contribution in [1.82, 2.24) is 10.2 Å². The summed E-state index contributed by atoms with van der Waals surface area (Å²) in [5, 5.41) is 11.3. The third-order valence-corrected chi connectivity index (χ3v) is 7.79. The molecule has 1 amide bonds. The maximum absolute atomic E-state index is 12.7. The van der Waals surface area contributed by atoms with Crippen LogP contribution in [0.5, 0.6) is 0 Å². The first-order valence-corrected chi connectivity index (χ1v) is 12.3. The maximum atomic E-state index is 12.7. The number of amides is 1. The molecule has 2 atom stereocenters. The van der Waals surface area contributed by atoms with Crippen LogP contribution in [0.3, 0.4) is 0 Å². The number of fused-ring (bicyclic) bond motifs is 1. The summed E-state index contributed by atoms with van der Waals surface area (Å²) >= 11 is 1.17. The van der Waals surface area contributed by atoms with Gasteiger partial charge in [0.1, 0.15) is 16.7 Å². The molecule has 2 unspecified atom stereocenters. The summed E-state index contributed by atoms with van der Waals surface area (Å²) in [6.07, 6.45) is 5.29. The van der Waals surface area contributed by atoms with Gasteiger partial charge in [-0.1, -0.05) is 24.7 Å². The third kappa shape index (κ3) is 4.62. The molecular formula is C20H22N4O5S2. The minimum Gasteiger partial charge on any atom is -0.496 e. The monoisotopic (exact) mass is 462 g/mol. The molecule has 2 aliphatic rings. The SMILES string of the molecule is CCc1nnc(NS(=O)(=O)c2ccc(NC(=O)C3=COC4CCCCC4C3=O)cc2)s1. The zero-order valence-corrected chi connectivity index (χ0v) is 18.5. The number of anilines is 2. The Balaban J connectivity index is 1.43. The average molecular weight is 463 g/mol. The molecule has 11 heteroatoms. The minimum absolute atomic E-state index is 0.00971. The van der Waals surface area contributed by atoms with Gasteiger partial charge in [0, 0.05) is 5.69 Å². The summed E-state index contributed by atoms with van der Waals surface area (Å²) < 4.78 is 33.1. The van der Waals surface area contributed by atoms with E-state index < -0.39 is 15.9 Å². The lowest BCUT2D eigenvalue weighted by atomic mass is 9.80. The molecule has 1 saturated carbocycles. The number of ketones is 1. The zero-order valence-electron chi connectivity index (χ0n) is 16.8. The molecule has 4 rings (SSSR count). The molecule has 2 heterocycles. The van der Waals surface area contributed by atoms with Crippen LogP contribution < -0.4 is 10.0 Å². The fourth-order valence-electron chi connectivity index (χ4n) is 3.67. The van der Waals surface area contributed by atoms with Gasteiger partial charge in [-0.15, -0.1) is 10.2 Å². The second kappa shape index (κ2) is 8.75. The minimum atomic E-state index is -3.84. The lowest BCUT2D eigenvalue weighted by Crippen LogP contribution is -2.39. The van der Waals surface area contributed by atoms with Crippen LogP contribution in [0, 0.1) is 5.92 Å². The van der Waals surface area contributed by atoms with Crippen LogP contribution in [0.2, 0.25) is 0 Å². The van der Waals surface area contributed by atoms with Crippen LogP contribution in [0.4, 0.5) is 10.8 Å². The first-order chi connectivity index (χ1) is 14.9. The van der Waals surface area contributed by atoms with Crippen molar-refractivity contribution < 1.29 is 22.7 Å². The van der Waals surface area contributed by atoms with Gasteiger partial charge in [-0.05, 0) is 49.9 Å². The zero-order chi connectivity index (χ0) is 22.0. The molecule has 1 aliphatic heterocycles. The Morgan fingerprint density at radius 1 is 1.19 bits per heavy atom. The fourth-order valence-corrected chi connectivity index (χ4v) is 5.58. The topological polar surface area (TPSA) is 127 Å². The van der Waals surface area contributed by atoms with E-state index >= 15 is 0 Å². The molecule has 0 saturated heterocycles. The maximum Gasteiger partial charge on any atom is 0.263 e. The standard InChI is InChI=1S/C20H22N4O5S2/c1-2-17-22-23-20(30-17)24-31(27,28)13-9-7-12(8-10-13)21-19(26)15-11-29-16-6-4-3-5-14(16)18(15)25/h7-11,14,16H,2-6H2,1H3,(H,21,26)(H,23,24). The molecule has 2 aromatic rings. The van der Waals surface area contributed by atoms with E-state index in [1.54, 1.807) is 0 Å². The van der Waals surface area contributed by atoms with Gasteiger partial charge in [0.2, 0.25) is 5.13 Å². The highest BCUT2D eigenvalue weighted by Gasteiger charge is 2.39. The number of sulfonamides is 1. The van der Waals surface area contributed by atoms with Crippen molar-refractivity contribution in [2.45, 2.75) is 50.0 Å². The van der Waals surface area contributed by atoms with Gasteiger partial charge in [0.15, 0.2) is 5.78 Å². The number of ether oxygens (including phenoxy) is 1. The van der Waals surface area contributed by atoms with Crippen LogP contribution in [-0.2, 0) is 30.8 Å². The number of benzene rings is 1. The van der Waals surface area contributed by atoms with E-state index in [-0.39, 0.29) is 33.4 Å². The number of hydrogen-bond donors (Lipinski definition) is 2. The van der Waals surface area contributed by atoms with Gasteiger partial charge >= 0.3 is 0 Å². The van der Waals surface area contributed by atoms with Crippen molar-refractivity contribution in [1.29, 1.82) is 0 Å². The van der Waals surface area contributed by atoms with E-state index in [4.69, 9.17) is 4.74 Å². The van der Waals surface area contributed by atoms with Crippen molar-refractivity contribution in [2.75, 3.05) is 10.0 Å². The number of aryl methyl sites for hydroxylation is 1. The average Bonchev–Trinajstić information content (AvgIpc) is 3.21. The number of nitrogens with zero attached hydrogens (tertiary/aromatic N) is 2. The summed E-state index contributed by atoms with van der Waals surface area (Å²) in [5.74, 6) is -1.03. The molecular weight excluding hydrogens is 440 g/mol. The van der Waals surface area contributed by atoms with E-state index in [9.17, 15) is 18.0 Å². The number of rotatable bonds is 6. The molecule has 0 spiro atoms. The van der Waals surface area contributed by atoms with Gasteiger partial charge < -0.3 is 10.1 Å². The lowest BCUT2D eigenvalue weighted by Gasteiger charge is -2.33. The quantitative estimate of drug-likeness (QED) is 0.632. The van der Waals surface area contributed by atoms with Gasteiger partial charge in [-0.2, -0.15) is 0 Å². The van der Waals surface area contributed by atoms with Crippen molar-refractivity contribution in [3.8, 4) is 0 Å². The smallest absolute Gasteiger partial charge is 0.263 e. The lowest BCUT2D eigenvalue weighted by molar-refractivity contribution is -0.129. The fraction of sp³-hybridized carbons (Fsp3) is 0.400. The summed E-state index contributed by atoms with van der Waals surface area (Å²) in [6.45, 7) is 1.91. The predicted octanol–water partition coefficient (Wildman–Crippen LogP) is 2.88. The first kappa shape index (κ1) is 21.4. The first-order valence-electron chi connectivity index (χ1n) is 10.0. The third-order valence-electron chi connectivity index (χ3n) is 5.32. The Morgan fingerprint density at radius 2 is 1.94 bits per heavy atom. The molecule has 0 radical (unpaired) electrons. The molecule has 2 N–H and O–H groups in total. The second-order valence-electron chi connectivity index (χ2n) is 7.40. The van der Waals surface area contributed by atoms with E-state index in [2.05, 4.69) is 20.2 Å². The Hall–Kier alpha value is -2.79. The van der Waals surface area contributed by atoms with Gasteiger partial charge in [0.05, 0.1) is 17.1 Å². The van der Waals surface area contributed by atoms with Crippen LogP contribution in [0.15, 0.2) is 41.0 Å². The van der Waals surface area contributed by atoms with Crippen LogP contribution in [0.1, 0.15) is 37.6 Å². The molecule has 9 nitrogen and oxygen atoms in total. The number of hydrogen-bond acceptors (Lipinski definition) is 8. The second-order valence-corrected chi connectivity index (χ2v) is 10.1. The Kier molecular flexibility index (Phi) is 6.05. The normalized spacial score (nSPS) is 20.9. The molecule has 0 bridgehead atoms. The highest BCUT2D eigenvalue weighted by molar-refractivity contribution is 7.93. The Morgan fingerprint density at radius 3 is 2.65 bits per heavy atom. The molecule has 1 fully saturated rings. The van der Waals surface area contributed by atoms with Gasteiger partial charge in [-0.25, -0.2) is 8.42 Å². The molecule has 1 aromatic carbocycles. The van der Waals surface area contributed by atoms with Crippen LogP contribution in [-0.4, -0.2) is 36.4 Å². The van der Waals surface area contributed by atoms with E-state index in [0.29, 0.717) is 12.1 Å². The molecule has 1 aliphatic carbocycles. The van der Waals surface area contributed by atoms with Crippen molar-refractivity contribution in [3.63, 3.8) is 0 Å². The number of aromatic nitrogens is 2. The Bertz CT molecular complexity index is 1120. The number of Topliss-reactive ketones (excluding diaryl/α,β-unsaturated/α-hetero) is 1. The molecule has 1 aromatic heterocycles. The summed E-state index contributed by atoms with van der Waals surface area (Å²) in [6, 6.07) is 5.65. The molecule has 31 heavy (non-hydrogen) atoms. The predicted molar refractivity (Wildman–Crippen MR) is 115 cm³/mol. The Labute approximate surface area is 184 Å². The van der Waals surface area contributed by atoms with Gasteiger partial charge in [0.25, 0.3) is 15.9 Å². The van der Waals surface area contributed by atoms with Crippen molar-refractivity contribution in [2.24, 2.45) is 5.92 Å². The van der Waals surface area contributed by atoms with Crippen LogP contribution >= 0.6 is 11.3 Å². The van der Waals surface area contributed by atoms with Crippen molar-refractivity contribution >= 4 is 43.9 Å². The number of carbonyl (C=O) groups excluding carboxylic acids is 2. The number of nitrogens with one attached hydrogen (secondary N) is 2. The summed E-state index contributed by atoms with van der Waals surface area (Å²) in [5.41, 5.74) is 0.358. The summed E-state index contributed by atoms with van der Waals surface area (Å²) in [4.78, 5) is 25.3. The largest absolute Gasteiger partial charge is 0.496 e. The van der Waals surface area contributed by atoms with E-state index in [0.717, 1.165) is 30.7 Å². The highest BCUT2D eigenvalue weighted by Crippen LogP contribution is 2.33. The van der Waals surface area contributed by atoms with E-state index in [1.807, 2.05) is 6.92 Å². The summed E-state index contributed by atoms with van der Waals surface area (Å²) in [7, 11) is -3.84. The van der Waals surface area contributed by atoms with E-state index in [1.165, 1.54) is 41.9 Å². The highest BCUT2D eigenvalue weighted by atomic mass is 32.2. The van der Waals surface area contributed by atoms with Crippen LogP contribution in [0.25, 0.3) is 0 Å². The molecule has 164 valence electrons.